The maximum atomic E-state index is 2.46. The van der Waals surface area contributed by atoms with Crippen molar-refractivity contribution < 1.29 is 0 Å². The van der Waals surface area contributed by atoms with Crippen LogP contribution < -0.4 is 4.90 Å². The van der Waals surface area contributed by atoms with Crippen LogP contribution in [-0.4, -0.2) is 4.57 Å². The van der Waals surface area contributed by atoms with E-state index in [1.54, 1.807) is 0 Å². The van der Waals surface area contributed by atoms with E-state index in [2.05, 4.69) is 276 Å². The van der Waals surface area contributed by atoms with Gasteiger partial charge in [0.1, 0.15) is 0 Å². The quantitative estimate of drug-likeness (QED) is 0.148. The Morgan fingerprint density at radius 2 is 0.836 bits per heavy atom. The maximum Gasteiger partial charge on any atom is 0.0714 e. The zero-order valence-electron chi connectivity index (χ0n) is 36.8. The van der Waals surface area contributed by atoms with Crippen molar-refractivity contribution in [2.75, 3.05) is 4.90 Å². The van der Waals surface area contributed by atoms with Crippen molar-refractivity contribution in [2.45, 2.75) is 5.41 Å². The first-order valence-corrected chi connectivity index (χ1v) is 23.2. The summed E-state index contributed by atoms with van der Waals surface area (Å²) in [6.07, 6.45) is 0. The molecular formula is C65H44N2. The van der Waals surface area contributed by atoms with E-state index in [4.69, 9.17) is 0 Å². The van der Waals surface area contributed by atoms with Crippen LogP contribution in [-0.2, 0) is 5.41 Å². The molecule has 0 amide bonds. The minimum Gasteiger partial charge on any atom is -0.310 e. The van der Waals surface area contributed by atoms with Gasteiger partial charge in [-0.05, 0) is 133 Å². The number of anilines is 3. The van der Waals surface area contributed by atoms with E-state index in [1.807, 2.05) is 0 Å². The number of hydrogen-bond donors (Lipinski definition) is 0. The van der Waals surface area contributed by atoms with Gasteiger partial charge < -0.3 is 9.47 Å². The molecule has 1 heterocycles. The largest absolute Gasteiger partial charge is 0.310 e. The number of para-hydroxylation sites is 2. The van der Waals surface area contributed by atoms with Gasteiger partial charge in [0.2, 0.25) is 0 Å². The third kappa shape index (κ3) is 6.26. The maximum absolute atomic E-state index is 2.46. The fraction of sp³-hybridized carbons (Fsp3) is 0.0154. The molecule has 0 unspecified atom stereocenters. The first-order chi connectivity index (χ1) is 33.2. The fourth-order valence-corrected chi connectivity index (χ4v) is 11.0. The van der Waals surface area contributed by atoms with Crippen LogP contribution in [0.2, 0.25) is 0 Å². The smallest absolute Gasteiger partial charge is 0.0714 e. The predicted molar refractivity (Wildman–Crippen MR) is 281 cm³/mol. The Balaban J connectivity index is 0.994. The van der Waals surface area contributed by atoms with Crippen molar-refractivity contribution >= 4 is 49.6 Å². The molecule has 0 saturated heterocycles. The van der Waals surface area contributed by atoms with Gasteiger partial charge in [-0.25, -0.2) is 0 Å². The molecule has 0 atom stereocenters. The Bertz CT molecular complexity index is 3710. The summed E-state index contributed by atoms with van der Waals surface area (Å²) in [6, 6.07) is 98.2. The Labute approximate surface area is 390 Å². The molecule has 0 N–H and O–H groups in total. The van der Waals surface area contributed by atoms with Crippen LogP contribution in [0.25, 0.3) is 71.6 Å². The lowest BCUT2D eigenvalue weighted by molar-refractivity contribution is 0.768. The Morgan fingerprint density at radius 3 is 1.57 bits per heavy atom. The van der Waals surface area contributed by atoms with Crippen LogP contribution in [0.3, 0.4) is 0 Å². The number of aromatic nitrogens is 1. The average Bonchev–Trinajstić information content (AvgIpc) is 3.90. The predicted octanol–water partition coefficient (Wildman–Crippen LogP) is 17.1. The van der Waals surface area contributed by atoms with E-state index in [0.29, 0.717) is 0 Å². The van der Waals surface area contributed by atoms with E-state index >= 15 is 0 Å². The van der Waals surface area contributed by atoms with E-state index in [0.717, 1.165) is 22.7 Å². The van der Waals surface area contributed by atoms with Gasteiger partial charge in [-0.3, -0.25) is 0 Å². The minimum absolute atomic E-state index is 0.527. The molecule has 1 aromatic heterocycles. The lowest BCUT2D eigenvalue weighted by Crippen LogP contribution is -2.28. The third-order valence-corrected chi connectivity index (χ3v) is 14.0. The Kier molecular flexibility index (Phi) is 9.11. The highest BCUT2D eigenvalue weighted by Gasteiger charge is 2.46. The van der Waals surface area contributed by atoms with E-state index in [1.165, 1.54) is 88.2 Å². The summed E-state index contributed by atoms with van der Waals surface area (Å²) in [7, 11) is 0. The van der Waals surface area contributed by atoms with Gasteiger partial charge in [-0.15, -0.1) is 0 Å². The highest BCUT2D eigenvalue weighted by Crippen LogP contribution is 2.57. The van der Waals surface area contributed by atoms with Crippen molar-refractivity contribution in [1.29, 1.82) is 0 Å². The second-order valence-corrected chi connectivity index (χ2v) is 17.7. The van der Waals surface area contributed by atoms with Gasteiger partial charge in [0.15, 0.2) is 0 Å². The van der Waals surface area contributed by atoms with Crippen LogP contribution in [0.5, 0.6) is 0 Å². The lowest BCUT2D eigenvalue weighted by atomic mass is 9.67. The molecule has 1 aliphatic rings. The molecule has 67 heavy (non-hydrogen) atoms. The second kappa shape index (κ2) is 15.8. The lowest BCUT2D eigenvalue weighted by Gasteiger charge is -2.35. The van der Waals surface area contributed by atoms with Crippen LogP contribution in [0.4, 0.5) is 17.1 Å². The Hall–Kier alpha value is -8.72. The number of benzene rings is 11. The molecule has 0 spiro atoms. The summed E-state index contributed by atoms with van der Waals surface area (Å²) in [5.74, 6) is 0. The van der Waals surface area contributed by atoms with Gasteiger partial charge in [0, 0.05) is 33.5 Å². The third-order valence-electron chi connectivity index (χ3n) is 14.0. The van der Waals surface area contributed by atoms with Gasteiger partial charge in [-0.2, -0.15) is 0 Å². The molecule has 0 aliphatic heterocycles. The molecule has 0 fully saturated rings. The molecule has 13 rings (SSSR count). The van der Waals surface area contributed by atoms with Crippen LogP contribution >= 0.6 is 0 Å². The molecule has 0 bridgehead atoms. The molecule has 0 saturated carbocycles. The molecule has 2 nitrogen and oxygen atoms in total. The number of fused-ring (bicyclic) bond motifs is 7. The first kappa shape index (κ1) is 38.7. The van der Waals surface area contributed by atoms with E-state index in [-0.39, 0.29) is 0 Å². The minimum atomic E-state index is -0.527. The van der Waals surface area contributed by atoms with Crippen LogP contribution in [0, 0.1) is 0 Å². The topological polar surface area (TPSA) is 8.17 Å². The number of rotatable bonds is 8. The highest BCUT2D eigenvalue weighted by atomic mass is 15.1. The van der Waals surface area contributed by atoms with Gasteiger partial charge in [0.05, 0.1) is 16.4 Å². The summed E-state index contributed by atoms with van der Waals surface area (Å²) in [4.78, 5) is 2.44. The molecule has 11 aromatic carbocycles. The van der Waals surface area contributed by atoms with Crippen molar-refractivity contribution in [1.82, 2.24) is 4.57 Å². The highest BCUT2D eigenvalue weighted by molar-refractivity contribution is 6.09. The zero-order chi connectivity index (χ0) is 44.3. The molecular weight excluding hydrogens is 809 g/mol. The summed E-state index contributed by atoms with van der Waals surface area (Å²) in [5.41, 5.74) is 18.6. The fourth-order valence-electron chi connectivity index (χ4n) is 11.0. The summed E-state index contributed by atoms with van der Waals surface area (Å²) < 4.78 is 2.41. The summed E-state index contributed by atoms with van der Waals surface area (Å²) >= 11 is 0. The molecule has 12 aromatic rings. The van der Waals surface area contributed by atoms with Crippen molar-refractivity contribution in [2.24, 2.45) is 0 Å². The van der Waals surface area contributed by atoms with Gasteiger partial charge in [-0.1, -0.05) is 200 Å². The Morgan fingerprint density at radius 1 is 0.299 bits per heavy atom. The SMILES string of the molecule is c1ccc(C2(c3ccccc3)c3ccccc3-c3ccc(N(c4ccc(-c5cccc(-c6ccc7ccccc7c6)c5)cc4)c4cccc(-n5c6ccccc6c6ccccc65)c4)cc32)cc1. The van der Waals surface area contributed by atoms with Crippen molar-refractivity contribution in [3.05, 3.63) is 289 Å². The number of hydrogen-bond acceptors (Lipinski definition) is 1. The van der Waals surface area contributed by atoms with E-state index in [9.17, 15) is 0 Å². The molecule has 2 heteroatoms. The zero-order valence-corrected chi connectivity index (χ0v) is 36.8. The second-order valence-electron chi connectivity index (χ2n) is 17.7. The van der Waals surface area contributed by atoms with E-state index < -0.39 is 5.41 Å². The van der Waals surface area contributed by atoms with Crippen LogP contribution in [0.1, 0.15) is 22.3 Å². The van der Waals surface area contributed by atoms with Gasteiger partial charge >= 0.3 is 0 Å². The molecule has 0 radical (unpaired) electrons. The van der Waals surface area contributed by atoms with Crippen molar-refractivity contribution in [3.8, 4) is 39.1 Å². The monoisotopic (exact) mass is 852 g/mol. The summed E-state index contributed by atoms with van der Waals surface area (Å²) in [6.45, 7) is 0. The molecule has 1 aliphatic carbocycles. The van der Waals surface area contributed by atoms with Crippen molar-refractivity contribution in [3.63, 3.8) is 0 Å². The standard InChI is InChI=1S/C65H44N2/c1-3-21-51(22-4-1)65(52-23-5-2-6-24-52)61-30-12-9-27-57(61)58-40-39-56(44-62(58)65)66(54-25-16-26-55(43-54)67-63-31-13-10-28-59(63)60-29-11-14-32-64(60)67)53-37-35-46(36-38-53)48-19-15-20-49(41-48)50-34-33-45-17-7-8-18-47(45)42-50/h1-44H. The van der Waals surface area contributed by atoms with Crippen LogP contribution in [0.15, 0.2) is 267 Å². The summed E-state index contributed by atoms with van der Waals surface area (Å²) in [5, 5.41) is 4.99. The molecule has 314 valence electrons. The first-order valence-electron chi connectivity index (χ1n) is 23.2. The number of nitrogens with zero attached hydrogens (tertiary/aromatic N) is 2. The van der Waals surface area contributed by atoms with Gasteiger partial charge in [0.25, 0.3) is 0 Å². The normalized spacial score (nSPS) is 12.6. The average molecular weight is 853 g/mol.